The first-order valence-corrected chi connectivity index (χ1v) is 8.01. The first-order chi connectivity index (χ1) is 10.2. The van der Waals surface area contributed by atoms with Crippen LogP contribution in [0, 0.1) is 0 Å². The molecule has 0 aliphatic heterocycles. The molecule has 110 valence electrons. The monoisotopic (exact) mass is 302 g/mol. The minimum atomic E-state index is -0.539. The minimum Gasteiger partial charge on any atom is -0.394 e. The zero-order chi connectivity index (χ0) is 14.7. The Balaban J connectivity index is 1.62. The van der Waals surface area contributed by atoms with Crippen LogP contribution in [0.1, 0.15) is 23.2 Å². The summed E-state index contributed by atoms with van der Waals surface area (Å²) in [6, 6.07) is 8.12. The van der Waals surface area contributed by atoms with Crippen molar-refractivity contribution in [1.82, 2.24) is 10.3 Å². The fourth-order valence-corrected chi connectivity index (χ4v) is 3.49. The molecule has 0 unspecified atom stereocenters. The van der Waals surface area contributed by atoms with E-state index in [1.54, 1.807) is 5.51 Å². The molecule has 21 heavy (non-hydrogen) atoms. The third-order valence-electron chi connectivity index (χ3n) is 3.97. The van der Waals surface area contributed by atoms with Gasteiger partial charge < -0.3 is 10.4 Å². The van der Waals surface area contributed by atoms with Gasteiger partial charge in [0.25, 0.3) is 0 Å². The van der Waals surface area contributed by atoms with Crippen LogP contribution in [-0.2, 0) is 24.1 Å². The number of aryl methyl sites for hydroxylation is 1. The van der Waals surface area contributed by atoms with Crippen molar-refractivity contribution in [3.8, 4) is 0 Å². The maximum Gasteiger partial charge on any atom is 0.220 e. The van der Waals surface area contributed by atoms with E-state index in [9.17, 15) is 9.90 Å². The van der Waals surface area contributed by atoms with Crippen molar-refractivity contribution < 1.29 is 9.90 Å². The highest BCUT2D eigenvalue weighted by atomic mass is 32.1. The number of amides is 1. The topological polar surface area (TPSA) is 62.2 Å². The standard InChI is InChI=1S/C16H18N2O2S/c19-10-16(7-12-3-1-2-4-13(12)8-16)18-15(20)6-5-14-9-21-11-17-14/h1-4,9,11,19H,5-8,10H2,(H,18,20). The lowest BCUT2D eigenvalue weighted by Crippen LogP contribution is -2.52. The van der Waals surface area contributed by atoms with Crippen molar-refractivity contribution in [1.29, 1.82) is 0 Å². The molecule has 2 aromatic rings. The van der Waals surface area contributed by atoms with Crippen molar-refractivity contribution in [2.75, 3.05) is 6.61 Å². The number of aliphatic hydroxyl groups is 1. The molecule has 1 aliphatic rings. The van der Waals surface area contributed by atoms with Gasteiger partial charge in [0.1, 0.15) is 0 Å². The number of hydrogen-bond donors (Lipinski definition) is 2. The van der Waals surface area contributed by atoms with Crippen molar-refractivity contribution in [2.24, 2.45) is 0 Å². The van der Waals surface area contributed by atoms with Crippen LogP contribution >= 0.6 is 11.3 Å². The Morgan fingerprint density at radius 3 is 2.62 bits per heavy atom. The van der Waals surface area contributed by atoms with Gasteiger partial charge in [-0.15, -0.1) is 11.3 Å². The normalized spacial score (nSPS) is 15.7. The molecule has 4 nitrogen and oxygen atoms in total. The number of hydrogen-bond acceptors (Lipinski definition) is 4. The number of carbonyl (C=O) groups excluding carboxylic acids is 1. The van der Waals surface area contributed by atoms with Crippen LogP contribution in [0.15, 0.2) is 35.2 Å². The van der Waals surface area contributed by atoms with Gasteiger partial charge in [0.15, 0.2) is 0 Å². The predicted octanol–water partition coefficient (Wildman–Crippen LogP) is 1.72. The highest BCUT2D eigenvalue weighted by Crippen LogP contribution is 2.29. The zero-order valence-electron chi connectivity index (χ0n) is 11.7. The van der Waals surface area contributed by atoms with E-state index in [1.165, 1.54) is 22.5 Å². The molecule has 1 aromatic heterocycles. The summed E-state index contributed by atoms with van der Waals surface area (Å²) in [5, 5.41) is 14.8. The summed E-state index contributed by atoms with van der Waals surface area (Å²) in [6.07, 6.45) is 2.44. The summed E-state index contributed by atoms with van der Waals surface area (Å²) in [4.78, 5) is 16.3. The number of fused-ring (bicyclic) bond motifs is 1. The molecule has 0 atom stereocenters. The van der Waals surface area contributed by atoms with Gasteiger partial charge in [0.05, 0.1) is 23.4 Å². The molecule has 0 fully saturated rings. The van der Waals surface area contributed by atoms with E-state index in [-0.39, 0.29) is 12.5 Å². The van der Waals surface area contributed by atoms with Gasteiger partial charge in [-0.1, -0.05) is 24.3 Å². The second kappa shape index (κ2) is 5.95. The van der Waals surface area contributed by atoms with Crippen LogP contribution in [0.3, 0.4) is 0 Å². The number of rotatable bonds is 5. The summed E-state index contributed by atoms with van der Waals surface area (Å²) in [6.45, 7) is -0.0376. The highest BCUT2D eigenvalue weighted by Gasteiger charge is 2.37. The number of aliphatic hydroxyl groups excluding tert-OH is 1. The lowest BCUT2D eigenvalue weighted by atomic mass is 9.96. The van der Waals surface area contributed by atoms with Crippen molar-refractivity contribution in [3.05, 3.63) is 52.0 Å². The molecule has 1 heterocycles. The molecule has 1 aliphatic carbocycles. The highest BCUT2D eigenvalue weighted by molar-refractivity contribution is 7.07. The van der Waals surface area contributed by atoms with E-state index < -0.39 is 5.54 Å². The largest absolute Gasteiger partial charge is 0.394 e. The second-order valence-corrected chi connectivity index (χ2v) is 6.31. The van der Waals surface area contributed by atoms with E-state index in [1.807, 2.05) is 17.5 Å². The Bertz CT molecular complexity index is 600. The molecule has 1 aromatic carbocycles. The van der Waals surface area contributed by atoms with E-state index in [0.29, 0.717) is 25.7 Å². The first-order valence-electron chi connectivity index (χ1n) is 7.06. The first kappa shape index (κ1) is 14.2. The van der Waals surface area contributed by atoms with Gasteiger partial charge >= 0.3 is 0 Å². The van der Waals surface area contributed by atoms with Crippen molar-refractivity contribution in [3.63, 3.8) is 0 Å². The number of thiazole rings is 1. The maximum atomic E-state index is 12.2. The maximum absolute atomic E-state index is 12.2. The van der Waals surface area contributed by atoms with Crippen LogP contribution < -0.4 is 5.32 Å². The Labute approximate surface area is 127 Å². The van der Waals surface area contributed by atoms with Gasteiger partial charge in [-0.2, -0.15) is 0 Å². The summed E-state index contributed by atoms with van der Waals surface area (Å²) in [7, 11) is 0. The molecule has 0 spiro atoms. The van der Waals surface area contributed by atoms with Gasteiger partial charge in [-0.25, -0.2) is 4.98 Å². The fourth-order valence-electron chi connectivity index (χ4n) is 2.89. The zero-order valence-corrected chi connectivity index (χ0v) is 12.5. The lowest BCUT2D eigenvalue weighted by molar-refractivity contribution is -0.123. The van der Waals surface area contributed by atoms with Crippen LogP contribution in [0.4, 0.5) is 0 Å². The number of nitrogens with one attached hydrogen (secondary N) is 1. The van der Waals surface area contributed by atoms with Crippen LogP contribution in [0.5, 0.6) is 0 Å². The van der Waals surface area contributed by atoms with E-state index in [0.717, 1.165) is 5.69 Å². The molecule has 0 saturated carbocycles. The van der Waals surface area contributed by atoms with Gasteiger partial charge in [-0.05, 0) is 30.4 Å². The average molecular weight is 302 g/mol. The van der Waals surface area contributed by atoms with Crippen LogP contribution in [-0.4, -0.2) is 28.1 Å². The Morgan fingerprint density at radius 2 is 2.05 bits per heavy atom. The third kappa shape index (κ3) is 3.14. The van der Waals surface area contributed by atoms with E-state index in [2.05, 4.69) is 22.4 Å². The minimum absolute atomic E-state index is 0.0233. The molecule has 5 heteroatoms. The average Bonchev–Trinajstić information content (AvgIpc) is 3.12. The number of benzene rings is 1. The number of carbonyl (C=O) groups is 1. The number of nitrogens with zero attached hydrogens (tertiary/aromatic N) is 1. The molecule has 0 radical (unpaired) electrons. The van der Waals surface area contributed by atoms with Gasteiger partial charge in [-0.3, -0.25) is 4.79 Å². The third-order valence-corrected chi connectivity index (χ3v) is 4.61. The lowest BCUT2D eigenvalue weighted by Gasteiger charge is -2.28. The van der Waals surface area contributed by atoms with Gasteiger partial charge in [0, 0.05) is 11.8 Å². The molecule has 1 amide bonds. The van der Waals surface area contributed by atoms with E-state index >= 15 is 0 Å². The molecular formula is C16H18N2O2S. The molecule has 0 saturated heterocycles. The molecule has 2 N–H and O–H groups in total. The predicted molar refractivity (Wildman–Crippen MR) is 82.2 cm³/mol. The summed E-state index contributed by atoms with van der Waals surface area (Å²) in [5.41, 5.74) is 4.61. The summed E-state index contributed by atoms with van der Waals surface area (Å²) in [5.74, 6) is -0.0233. The summed E-state index contributed by atoms with van der Waals surface area (Å²) >= 11 is 1.54. The van der Waals surface area contributed by atoms with Crippen molar-refractivity contribution in [2.45, 2.75) is 31.2 Å². The SMILES string of the molecule is O=C(CCc1cscn1)NC1(CO)Cc2ccccc2C1. The molecule has 0 bridgehead atoms. The number of aromatic nitrogens is 1. The molecule has 3 rings (SSSR count). The van der Waals surface area contributed by atoms with Gasteiger partial charge in [0.2, 0.25) is 5.91 Å². The van der Waals surface area contributed by atoms with Crippen molar-refractivity contribution >= 4 is 17.2 Å². The second-order valence-electron chi connectivity index (χ2n) is 5.59. The Hall–Kier alpha value is -1.72. The summed E-state index contributed by atoms with van der Waals surface area (Å²) < 4.78 is 0. The smallest absolute Gasteiger partial charge is 0.220 e. The van der Waals surface area contributed by atoms with Crippen LogP contribution in [0.25, 0.3) is 0 Å². The molecular weight excluding hydrogens is 284 g/mol. The van der Waals surface area contributed by atoms with E-state index in [4.69, 9.17) is 0 Å². The fraction of sp³-hybridized carbons (Fsp3) is 0.375. The Morgan fingerprint density at radius 1 is 1.33 bits per heavy atom. The quantitative estimate of drug-likeness (QED) is 0.884. The van der Waals surface area contributed by atoms with Crippen LogP contribution in [0.2, 0.25) is 0 Å². The Kier molecular flexibility index (Phi) is 4.03.